The maximum Gasteiger partial charge on any atom is 0.416 e. The first-order valence-corrected chi connectivity index (χ1v) is 5.13. The highest BCUT2D eigenvalue weighted by Crippen LogP contribution is 2.05. The van der Waals surface area contributed by atoms with Crippen LogP contribution in [0.2, 0.25) is 0 Å². The molecule has 0 aromatic rings. The Kier molecular flexibility index (Phi) is 5.23. The highest BCUT2D eigenvalue weighted by molar-refractivity contribution is 5.94. The van der Waals surface area contributed by atoms with Gasteiger partial charge in [0, 0.05) is 6.54 Å². The topological polar surface area (TPSA) is 70.1 Å². The average molecular weight is 252 g/mol. The molecule has 0 aliphatic carbocycles. The van der Waals surface area contributed by atoms with Crippen molar-refractivity contribution in [2.45, 2.75) is 6.43 Å². The molecule has 0 spiro atoms. The molecule has 1 aliphatic heterocycles. The van der Waals surface area contributed by atoms with Crippen molar-refractivity contribution in [1.82, 2.24) is 9.80 Å². The van der Waals surface area contributed by atoms with Crippen molar-refractivity contribution in [3.63, 3.8) is 0 Å². The number of ether oxygens (including phenoxy) is 1. The van der Waals surface area contributed by atoms with Crippen LogP contribution in [-0.2, 0) is 9.53 Å². The number of aliphatic hydroxyl groups excluding tert-OH is 1. The van der Waals surface area contributed by atoms with Gasteiger partial charge in [0.15, 0.2) is 0 Å². The fourth-order valence-corrected chi connectivity index (χ4v) is 1.47. The Labute approximate surface area is 96.7 Å². The van der Waals surface area contributed by atoms with E-state index >= 15 is 0 Å². The van der Waals surface area contributed by atoms with E-state index in [0.717, 1.165) is 9.80 Å². The molecule has 0 aromatic heterocycles. The minimum absolute atomic E-state index is 0.0427. The molecule has 0 atom stereocenters. The predicted octanol–water partition coefficient (Wildman–Crippen LogP) is -0.475. The zero-order chi connectivity index (χ0) is 12.8. The molecule has 1 aliphatic rings. The summed E-state index contributed by atoms with van der Waals surface area (Å²) in [5.41, 5.74) is 0. The first-order valence-electron chi connectivity index (χ1n) is 5.13. The number of hydrogen-bond donors (Lipinski definition) is 1. The smallest absolute Gasteiger partial charge is 0.416 e. The van der Waals surface area contributed by atoms with Gasteiger partial charge >= 0.3 is 6.09 Å². The number of alkyl halides is 2. The summed E-state index contributed by atoms with van der Waals surface area (Å²) in [6, 6.07) is 0. The Hall–Kier alpha value is -1.28. The van der Waals surface area contributed by atoms with Crippen molar-refractivity contribution < 1.29 is 28.2 Å². The molecule has 6 nitrogen and oxygen atoms in total. The Morgan fingerprint density at radius 3 is 2.76 bits per heavy atom. The lowest BCUT2D eigenvalue weighted by molar-refractivity contribution is -0.129. The third kappa shape index (κ3) is 4.23. The lowest BCUT2D eigenvalue weighted by atomic mass is 10.4. The zero-order valence-electron chi connectivity index (χ0n) is 9.14. The van der Waals surface area contributed by atoms with Crippen molar-refractivity contribution in [3.8, 4) is 0 Å². The van der Waals surface area contributed by atoms with Crippen LogP contribution >= 0.6 is 0 Å². The second kappa shape index (κ2) is 6.45. The Morgan fingerprint density at radius 1 is 1.59 bits per heavy atom. The van der Waals surface area contributed by atoms with Gasteiger partial charge in [-0.25, -0.2) is 18.5 Å². The molecule has 1 heterocycles. The molecule has 17 heavy (non-hydrogen) atoms. The van der Waals surface area contributed by atoms with Crippen LogP contribution in [0, 0.1) is 0 Å². The van der Waals surface area contributed by atoms with E-state index in [0.29, 0.717) is 0 Å². The van der Waals surface area contributed by atoms with Gasteiger partial charge in [-0.2, -0.15) is 0 Å². The third-order valence-corrected chi connectivity index (χ3v) is 2.23. The average Bonchev–Trinajstić information content (AvgIpc) is 2.63. The van der Waals surface area contributed by atoms with Crippen LogP contribution < -0.4 is 0 Å². The summed E-state index contributed by atoms with van der Waals surface area (Å²) >= 11 is 0. The van der Waals surface area contributed by atoms with Crippen LogP contribution in [0.25, 0.3) is 0 Å². The summed E-state index contributed by atoms with van der Waals surface area (Å²) < 4.78 is 28.9. The van der Waals surface area contributed by atoms with Crippen LogP contribution in [0.5, 0.6) is 0 Å². The van der Waals surface area contributed by atoms with Gasteiger partial charge in [0.2, 0.25) is 5.91 Å². The van der Waals surface area contributed by atoms with E-state index in [1.54, 1.807) is 0 Å². The largest absolute Gasteiger partial charge is 0.447 e. The minimum Gasteiger partial charge on any atom is -0.447 e. The van der Waals surface area contributed by atoms with Crippen LogP contribution in [0.1, 0.15) is 0 Å². The second-order valence-corrected chi connectivity index (χ2v) is 3.51. The van der Waals surface area contributed by atoms with Gasteiger partial charge in [0.25, 0.3) is 6.43 Å². The van der Waals surface area contributed by atoms with Gasteiger partial charge < -0.3 is 9.84 Å². The predicted molar refractivity (Wildman–Crippen MR) is 52.6 cm³/mol. The molecule has 0 aromatic carbocycles. The van der Waals surface area contributed by atoms with Crippen molar-refractivity contribution in [1.29, 1.82) is 0 Å². The SMILES string of the molecule is O=C(CN(CCO)CC(F)F)N1CCOC1=O. The number of cyclic esters (lactones) is 1. The number of imide groups is 1. The van der Waals surface area contributed by atoms with Crippen LogP contribution in [0.3, 0.4) is 0 Å². The quantitative estimate of drug-likeness (QED) is 0.691. The van der Waals surface area contributed by atoms with Crippen molar-refractivity contribution in [2.24, 2.45) is 0 Å². The van der Waals surface area contributed by atoms with Crippen molar-refractivity contribution in [2.75, 3.05) is 39.4 Å². The fourth-order valence-electron chi connectivity index (χ4n) is 1.47. The first kappa shape index (κ1) is 13.8. The number of rotatable bonds is 6. The molecule has 0 unspecified atom stereocenters. The number of amides is 2. The molecule has 1 fully saturated rings. The Bertz CT molecular complexity index is 288. The van der Waals surface area contributed by atoms with Crippen LogP contribution in [-0.4, -0.2) is 72.7 Å². The van der Waals surface area contributed by atoms with Gasteiger partial charge in [-0.1, -0.05) is 0 Å². The molecule has 98 valence electrons. The molecule has 0 bridgehead atoms. The molecule has 0 saturated carbocycles. The molecule has 1 N–H and O–H groups in total. The maximum absolute atomic E-state index is 12.2. The number of nitrogens with zero attached hydrogens (tertiary/aromatic N) is 2. The highest BCUT2D eigenvalue weighted by atomic mass is 19.3. The molecule has 1 saturated heterocycles. The lowest BCUT2D eigenvalue weighted by Crippen LogP contribution is -2.43. The lowest BCUT2D eigenvalue weighted by Gasteiger charge is -2.21. The molecule has 0 radical (unpaired) electrons. The molecule has 2 amide bonds. The molecular weight excluding hydrogens is 238 g/mol. The van der Waals surface area contributed by atoms with E-state index in [4.69, 9.17) is 5.11 Å². The molecule has 8 heteroatoms. The molecule has 1 rings (SSSR count). The highest BCUT2D eigenvalue weighted by Gasteiger charge is 2.29. The number of halogens is 2. The van der Waals surface area contributed by atoms with Gasteiger partial charge in [0.1, 0.15) is 6.61 Å². The Morgan fingerprint density at radius 2 is 2.29 bits per heavy atom. The fraction of sp³-hybridized carbons (Fsp3) is 0.778. The first-order chi connectivity index (χ1) is 8.04. The zero-order valence-corrected chi connectivity index (χ0v) is 9.14. The van der Waals surface area contributed by atoms with Crippen molar-refractivity contribution >= 4 is 12.0 Å². The van der Waals surface area contributed by atoms with E-state index in [2.05, 4.69) is 4.74 Å². The normalized spacial score (nSPS) is 15.8. The number of hydrogen-bond acceptors (Lipinski definition) is 5. The summed E-state index contributed by atoms with van der Waals surface area (Å²) in [5, 5.41) is 8.68. The Balaban J connectivity index is 2.48. The van der Waals surface area contributed by atoms with Crippen LogP contribution in [0.15, 0.2) is 0 Å². The summed E-state index contributed by atoms with van der Waals surface area (Å²) in [7, 11) is 0. The van der Waals surface area contributed by atoms with Crippen LogP contribution in [0.4, 0.5) is 13.6 Å². The number of carbonyl (C=O) groups is 2. The van der Waals surface area contributed by atoms with Gasteiger partial charge in [-0.15, -0.1) is 0 Å². The van der Waals surface area contributed by atoms with Gasteiger partial charge in [0.05, 0.1) is 26.2 Å². The van der Waals surface area contributed by atoms with Gasteiger partial charge in [-0.05, 0) is 0 Å². The number of aliphatic hydroxyl groups is 1. The van der Waals surface area contributed by atoms with Crippen molar-refractivity contribution in [3.05, 3.63) is 0 Å². The monoisotopic (exact) mass is 252 g/mol. The third-order valence-electron chi connectivity index (χ3n) is 2.23. The van der Waals surface area contributed by atoms with E-state index in [1.165, 1.54) is 0 Å². The maximum atomic E-state index is 12.2. The summed E-state index contributed by atoms with van der Waals surface area (Å²) in [6.45, 7) is -1.06. The summed E-state index contributed by atoms with van der Waals surface area (Å²) in [4.78, 5) is 24.6. The second-order valence-electron chi connectivity index (χ2n) is 3.51. The summed E-state index contributed by atoms with van der Waals surface area (Å²) in [6.07, 6.45) is -3.35. The summed E-state index contributed by atoms with van der Waals surface area (Å²) in [5.74, 6) is -0.596. The van der Waals surface area contributed by atoms with E-state index in [1.807, 2.05) is 0 Å². The van der Waals surface area contributed by atoms with Gasteiger partial charge in [-0.3, -0.25) is 9.69 Å². The number of carbonyl (C=O) groups excluding carboxylic acids is 2. The molecular formula is C9H14F2N2O4. The van der Waals surface area contributed by atoms with E-state index in [9.17, 15) is 18.4 Å². The minimum atomic E-state index is -2.60. The van der Waals surface area contributed by atoms with E-state index in [-0.39, 0.29) is 32.8 Å². The standard InChI is InChI=1S/C9H14F2N2O4/c10-7(11)5-12(1-3-14)6-8(15)13-2-4-17-9(13)16/h7,14H,1-6H2. The van der Waals surface area contributed by atoms with E-state index < -0.39 is 25.0 Å².